The van der Waals surface area contributed by atoms with Crippen LogP contribution in [-0.4, -0.2) is 30.2 Å². The Hall–Kier alpha value is -4.01. The minimum Gasteiger partial charge on any atom is -0.324 e. The molecule has 0 aliphatic rings. The summed E-state index contributed by atoms with van der Waals surface area (Å²) in [6.45, 7) is 3.03. The molecular formula is C20H18N6O3. The topological polar surface area (TPSA) is 108 Å². The van der Waals surface area contributed by atoms with Gasteiger partial charge in [0.1, 0.15) is 24.3 Å². The lowest BCUT2D eigenvalue weighted by atomic mass is 10.2. The maximum Gasteiger partial charge on any atom is 0.312 e. The minimum absolute atomic E-state index is 0.0605. The van der Waals surface area contributed by atoms with Gasteiger partial charge in [-0.05, 0) is 50.2 Å². The Morgan fingerprint density at radius 2 is 1.86 bits per heavy atom. The molecule has 9 heteroatoms. The molecule has 0 saturated heterocycles. The lowest BCUT2D eigenvalue weighted by Gasteiger charge is -2.08. The van der Waals surface area contributed by atoms with Gasteiger partial charge in [-0.2, -0.15) is 5.10 Å². The van der Waals surface area contributed by atoms with Gasteiger partial charge in [0.05, 0.1) is 16.0 Å². The van der Waals surface area contributed by atoms with Crippen LogP contribution in [0.4, 0.5) is 11.4 Å². The Labute approximate surface area is 165 Å². The van der Waals surface area contributed by atoms with Gasteiger partial charge in [-0.15, -0.1) is 0 Å². The summed E-state index contributed by atoms with van der Waals surface area (Å²) < 4.78 is 3.31. The number of hydrogen-bond donors (Lipinski definition) is 1. The summed E-state index contributed by atoms with van der Waals surface area (Å²) in [6.07, 6.45) is 1.76. The smallest absolute Gasteiger partial charge is 0.312 e. The van der Waals surface area contributed by atoms with Crippen molar-refractivity contribution in [2.75, 3.05) is 5.32 Å². The van der Waals surface area contributed by atoms with Crippen molar-refractivity contribution in [2.24, 2.45) is 0 Å². The van der Waals surface area contributed by atoms with Gasteiger partial charge in [-0.1, -0.05) is 12.1 Å². The Morgan fingerprint density at radius 3 is 2.55 bits per heavy atom. The van der Waals surface area contributed by atoms with E-state index in [2.05, 4.69) is 15.4 Å². The molecule has 29 heavy (non-hydrogen) atoms. The van der Waals surface area contributed by atoms with Gasteiger partial charge < -0.3 is 5.32 Å². The third-order valence-electron chi connectivity index (χ3n) is 4.70. The van der Waals surface area contributed by atoms with E-state index >= 15 is 0 Å². The monoisotopic (exact) mass is 390 g/mol. The van der Waals surface area contributed by atoms with Crippen LogP contribution in [0, 0.1) is 24.0 Å². The summed E-state index contributed by atoms with van der Waals surface area (Å²) in [4.78, 5) is 27.3. The van der Waals surface area contributed by atoms with Gasteiger partial charge in [0.25, 0.3) is 0 Å². The average molecular weight is 390 g/mol. The van der Waals surface area contributed by atoms with Crippen molar-refractivity contribution in [1.82, 2.24) is 19.3 Å². The Morgan fingerprint density at radius 1 is 1.14 bits per heavy atom. The summed E-state index contributed by atoms with van der Waals surface area (Å²) in [7, 11) is 0. The van der Waals surface area contributed by atoms with Crippen molar-refractivity contribution in [3.63, 3.8) is 0 Å². The average Bonchev–Trinajstić information content (AvgIpc) is 3.23. The number of rotatable bonds is 5. The summed E-state index contributed by atoms with van der Waals surface area (Å²) in [5.74, 6) is -0.314. The number of aromatic nitrogens is 4. The fraction of sp³-hybridized carbons (Fsp3) is 0.150. The van der Waals surface area contributed by atoms with Gasteiger partial charge in [0.2, 0.25) is 5.91 Å². The van der Waals surface area contributed by atoms with Crippen LogP contribution in [0.2, 0.25) is 0 Å². The first-order valence-electron chi connectivity index (χ1n) is 8.95. The first-order chi connectivity index (χ1) is 13.9. The fourth-order valence-electron chi connectivity index (χ4n) is 3.31. The lowest BCUT2D eigenvalue weighted by molar-refractivity contribution is -0.386. The van der Waals surface area contributed by atoms with E-state index in [4.69, 9.17) is 0 Å². The highest BCUT2D eigenvalue weighted by atomic mass is 16.6. The molecule has 0 aliphatic carbocycles. The number of para-hydroxylation sites is 2. The highest BCUT2D eigenvalue weighted by Crippen LogP contribution is 2.22. The van der Waals surface area contributed by atoms with Crippen LogP contribution >= 0.6 is 0 Å². The Bertz CT molecular complexity index is 1220. The molecule has 1 amide bonds. The molecule has 4 aromatic rings. The standard InChI is InChI=1S/C20H18N6O3/c1-13-20(26(28)29)14(2)25(23-13)11-19(27)22-15-7-9-16(10-8-15)24-12-21-17-5-3-4-6-18(17)24/h3-10,12H,11H2,1-2H3,(H,22,27). The van der Waals surface area contributed by atoms with Crippen LogP contribution in [-0.2, 0) is 11.3 Å². The lowest BCUT2D eigenvalue weighted by Crippen LogP contribution is -2.20. The van der Waals surface area contributed by atoms with Crippen molar-refractivity contribution in [3.05, 3.63) is 76.4 Å². The normalized spacial score (nSPS) is 11.0. The molecule has 2 heterocycles. The van der Waals surface area contributed by atoms with Gasteiger partial charge >= 0.3 is 5.69 Å². The molecule has 9 nitrogen and oxygen atoms in total. The third-order valence-corrected chi connectivity index (χ3v) is 4.70. The molecule has 146 valence electrons. The van der Waals surface area contributed by atoms with Crippen LogP contribution in [0.3, 0.4) is 0 Å². The van der Waals surface area contributed by atoms with E-state index in [0.29, 0.717) is 11.4 Å². The number of carbonyl (C=O) groups is 1. The molecule has 0 fully saturated rings. The highest BCUT2D eigenvalue weighted by molar-refractivity contribution is 5.90. The molecule has 2 aromatic heterocycles. The number of anilines is 1. The second-order valence-corrected chi connectivity index (χ2v) is 6.63. The number of aryl methyl sites for hydroxylation is 1. The van der Waals surface area contributed by atoms with Crippen LogP contribution < -0.4 is 5.32 Å². The summed E-state index contributed by atoms with van der Waals surface area (Å²) in [5.41, 5.74) is 4.03. The van der Waals surface area contributed by atoms with Gasteiger partial charge in [0, 0.05) is 11.4 Å². The number of carbonyl (C=O) groups excluding carboxylic acids is 1. The van der Waals surface area contributed by atoms with Crippen molar-refractivity contribution in [1.29, 1.82) is 0 Å². The second-order valence-electron chi connectivity index (χ2n) is 6.63. The molecular weight excluding hydrogens is 372 g/mol. The summed E-state index contributed by atoms with van der Waals surface area (Å²) >= 11 is 0. The minimum atomic E-state index is -0.482. The van der Waals surface area contributed by atoms with E-state index in [1.807, 2.05) is 41.0 Å². The van der Waals surface area contributed by atoms with Crippen molar-refractivity contribution in [3.8, 4) is 5.69 Å². The second kappa shape index (κ2) is 7.19. The molecule has 0 saturated carbocycles. The maximum atomic E-state index is 12.4. The fourth-order valence-corrected chi connectivity index (χ4v) is 3.31. The zero-order valence-electron chi connectivity index (χ0n) is 15.9. The van der Waals surface area contributed by atoms with Crippen LogP contribution in [0.1, 0.15) is 11.4 Å². The van der Waals surface area contributed by atoms with Crippen molar-refractivity contribution in [2.45, 2.75) is 20.4 Å². The summed E-state index contributed by atoms with van der Waals surface area (Å²) in [5, 5.41) is 18.0. The number of benzene rings is 2. The molecule has 0 atom stereocenters. The van der Waals surface area contributed by atoms with E-state index in [1.165, 1.54) is 4.68 Å². The number of nitro groups is 1. The van der Waals surface area contributed by atoms with E-state index in [1.54, 1.807) is 32.3 Å². The molecule has 2 aromatic carbocycles. The number of nitrogens with one attached hydrogen (secondary N) is 1. The molecule has 0 aliphatic heterocycles. The van der Waals surface area contributed by atoms with Crippen LogP contribution in [0.5, 0.6) is 0 Å². The largest absolute Gasteiger partial charge is 0.324 e. The molecule has 0 unspecified atom stereocenters. The zero-order valence-corrected chi connectivity index (χ0v) is 15.9. The molecule has 0 bridgehead atoms. The van der Waals surface area contributed by atoms with E-state index in [-0.39, 0.29) is 23.8 Å². The van der Waals surface area contributed by atoms with Gasteiger partial charge in [-0.3, -0.25) is 24.2 Å². The number of nitrogens with zero attached hydrogens (tertiary/aromatic N) is 5. The Kier molecular flexibility index (Phi) is 4.55. The first-order valence-corrected chi connectivity index (χ1v) is 8.95. The number of hydrogen-bond acceptors (Lipinski definition) is 5. The number of imidazole rings is 1. The van der Waals surface area contributed by atoms with Gasteiger partial charge in [0.15, 0.2) is 0 Å². The number of amides is 1. The predicted octanol–water partition coefficient (Wildman–Crippen LogP) is 3.39. The number of fused-ring (bicyclic) bond motifs is 1. The highest BCUT2D eigenvalue weighted by Gasteiger charge is 2.22. The summed E-state index contributed by atoms with van der Waals surface area (Å²) in [6, 6.07) is 15.2. The molecule has 1 N–H and O–H groups in total. The maximum absolute atomic E-state index is 12.4. The van der Waals surface area contributed by atoms with E-state index in [0.717, 1.165) is 16.7 Å². The first kappa shape index (κ1) is 18.4. The molecule has 4 rings (SSSR count). The SMILES string of the molecule is Cc1nn(CC(=O)Nc2ccc(-n3cnc4ccccc43)cc2)c(C)c1[N+](=O)[O-]. The Balaban J connectivity index is 1.49. The van der Waals surface area contributed by atoms with E-state index < -0.39 is 4.92 Å². The predicted molar refractivity (Wildman–Crippen MR) is 108 cm³/mol. The zero-order chi connectivity index (χ0) is 20.5. The molecule has 0 radical (unpaired) electrons. The van der Waals surface area contributed by atoms with Crippen LogP contribution in [0.15, 0.2) is 54.9 Å². The molecule has 0 spiro atoms. The van der Waals surface area contributed by atoms with Crippen molar-refractivity contribution < 1.29 is 9.72 Å². The van der Waals surface area contributed by atoms with Crippen molar-refractivity contribution >= 4 is 28.3 Å². The van der Waals surface area contributed by atoms with Crippen LogP contribution in [0.25, 0.3) is 16.7 Å². The quantitative estimate of drug-likeness (QED) is 0.415. The van der Waals surface area contributed by atoms with E-state index in [9.17, 15) is 14.9 Å². The third kappa shape index (κ3) is 3.45. The van der Waals surface area contributed by atoms with Gasteiger partial charge in [-0.25, -0.2) is 4.98 Å².